The van der Waals surface area contributed by atoms with Crippen LogP contribution in [0.25, 0.3) is 0 Å². The maximum Gasteiger partial charge on any atom is 0.401 e. The van der Waals surface area contributed by atoms with Gasteiger partial charge in [0.1, 0.15) is 23.1 Å². The van der Waals surface area contributed by atoms with Crippen molar-refractivity contribution in [3.8, 4) is 11.5 Å². The molecular weight excluding hydrogens is 447 g/mol. The number of phenols is 1. The Morgan fingerprint density at radius 2 is 1.69 bits per heavy atom. The van der Waals surface area contributed by atoms with Gasteiger partial charge in [-0.25, -0.2) is 9.55 Å². The second-order valence-corrected chi connectivity index (χ2v) is 12.4. The van der Waals surface area contributed by atoms with Crippen LogP contribution in [0.2, 0.25) is 5.02 Å². The summed E-state index contributed by atoms with van der Waals surface area (Å²) in [5, 5.41) is 14.5. The number of pyridine rings is 1. The first-order chi connectivity index (χ1) is 14.7. The van der Waals surface area contributed by atoms with Crippen molar-refractivity contribution < 1.29 is 18.7 Å². The van der Waals surface area contributed by atoms with E-state index in [2.05, 4.69) is 10.3 Å². The lowest BCUT2D eigenvalue weighted by Gasteiger charge is -2.31. The van der Waals surface area contributed by atoms with Crippen molar-refractivity contribution in [1.82, 2.24) is 4.98 Å². The van der Waals surface area contributed by atoms with Crippen LogP contribution in [0, 0.1) is 0 Å². The normalized spacial score (nSPS) is 15.2. The summed E-state index contributed by atoms with van der Waals surface area (Å²) < 4.78 is 25.8. The molecule has 2 atom stereocenters. The quantitative estimate of drug-likeness (QED) is 0.379. The highest BCUT2D eigenvalue weighted by Gasteiger charge is 2.38. The molecule has 0 fully saturated rings. The zero-order valence-corrected chi connectivity index (χ0v) is 22.0. The van der Waals surface area contributed by atoms with Gasteiger partial charge in [-0.15, -0.1) is 0 Å². The number of benzene rings is 1. The van der Waals surface area contributed by atoms with Crippen LogP contribution in [0.15, 0.2) is 30.5 Å². The Bertz CT molecular complexity index is 948. The van der Waals surface area contributed by atoms with Gasteiger partial charge in [0, 0.05) is 17.3 Å². The molecule has 2 unspecified atom stereocenters. The van der Waals surface area contributed by atoms with E-state index in [0.717, 1.165) is 11.1 Å². The summed E-state index contributed by atoms with van der Waals surface area (Å²) >= 11 is 6.25. The molecule has 8 heteroatoms. The number of anilines is 1. The third-order valence-corrected chi connectivity index (χ3v) is 7.72. The van der Waals surface area contributed by atoms with Crippen molar-refractivity contribution in [3.63, 3.8) is 0 Å². The van der Waals surface area contributed by atoms with Crippen molar-refractivity contribution >= 4 is 25.0 Å². The third kappa shape index (κ3) is 6.18. The lowest BCUT2D eigenvalue weighted by molar-refractivity contribution is 0.271. The lowest BCUT2D eigenvalue weighted by atomic mass is 9.79. The van der Waals surface area contributed by atoms with E-state index in [9.17, 15) is 9.67 Å². The van der Waals surface area contributed by atoms with Crippen molar-refractivity contribution in [2.45, 2.75) is 78.4 Å². The van der Waals surface area contributed by atoms with Gasteiger partial charge in [-0.1, -0.05) is 60.1 Å². The lowest BCUT2D eigenvalue weighted by Crippen LogP contribution is -2.24. The molecule has 0 aliphatic rings. The Morgan fingerprint density at radius 3 is 2.12 bits per heavy atom. The Kier molecular flexibility index (Phi) is 8.30. The standard InChI is InChI=1S/C24H36ClN2O4P/c1-9-20(27-22-19(25)12-11-13-26-22)32(29,30-10-2)31-16-14-17(23(3,4)5)21(28)18(15-16)24(6,7)8/h11-15,20,28H,9-10H2,1-8H3,(H,26,27). The average Bonchev–Trinajstić information content (AvgIpc) is 2.67. The molecule has 0 saturated carbocycles. The van der Waals surface area contributed by atoms with Crippen LogP contribution in [0.5, 0.6) is 11.5 Å². The molecule has 0 radical (unpaired) electrons. The van der Waals surface area contributed by atoms with Crippen LogP contribution in [0.4, 0.5) is 5.82 Å². The molecule has 1 aromatic carbocycles. The monoisotopic (exact) mass is 482 g/mol. The summed E-state index contributed by atoms with van der Waals surface area (Å²) in [6.45, 7) is 16.0. The second kappa shape index (κ2) is 10.0. The van der Waals surface area contributed by atoms with E-state index in [1.165, 1.54) is 0 Å². The SMILES string of the molecule is CCOP(=O)(Oc1cc(C(C)(C)C)c(O)c(C(C)(C)C)c1)C(CC)Nc1ncccc1Cl. The summed E-state index contributed by atoms with van der Waals surface area (Å²) in [6, 6.07) is 6.93. The number of aromatic nitrogens is 1. The summed E-state index contributed by atoms with van der Waals surface area (Å²) in [4.78, 5) is 4.24. The van der Waals surface area contributed by atoms with Gasteiger partial charge in [-0.05, 0) is 48.4 Å². The number of nitrogens with one attached hydrogen (secondary N) is 1. The first-order valence-corrected chi connectivity index (χ1v) is 12.9. The molecule has 2 aromatic rings. The van der Waals surface area contributed by atoms with E-state index >= 15 is 0 Å². The van der Waals surface area contributed by atoms with Gasteiger partial charge in [-0.3, -0.25) is 4.52 Å². The number of nitrogens with zero attached hydrogens (tertiary/aromatic N) is 1. The smallest absolute Gasteiger partial charge is 0.401 e. The number of phenolic OH excluding ortho intramolecular Hbond substituents is 1. The topological polar surface area (TPSA) is 80.7 Å². The van der Waals surface area contributed by atoms with Crippen molar-refractivity contribution in [1.29, 1.82) is 0 Å². The Labute approximate surface area is 197 Å². The average molecular weight is 483 g/mol. The van der Waals surface area contributed by atoms with E-state index in [1.807, 2.05) is 48.5 Å². The van der Waals surface area contributed by atoms with Crippen molar-refractivity contribution in [3.05, 3.63) is 46.6 Å². The minimum Gasteiger partial charge on any atom is -0.507 e. The molecule has 2 rings (SSSR count). The molecule has 6 nitrogen and oxygen atoms in total. The summed E-state index contributed by atoms with van der Waals surface area (Å²) in [5.41, 5.74) is 0.750. The van der Waals surface area contributed by atoms with Crippen molar-refractivity contribution in [2.75, 3.05) is 11.9 Å². The molecule has 0 spiro atoms. The van der Waals surface area contributed by atoms with Crippen LogP contribution in [-0.4, -0.2) is 22.5 Å². The first-order valence-electron chi connectivity index (χ1n) is 10.9. The van der Waals surface area contributed by atoms with Gasteiger partial charge in [0.05, 0.1) is 11.6 Å². The van der Waals surface area contributed by atoms with Gasteiger partial charge in [0.2, 0.25) is 0 Å². The van der Waals surface area contributed by atoms with E-state index in [-0.39, 0.29) is 23.2 Å². The van der Waals surface area contributed by atoms with E-state index in [4.69, 9.17) is 20.6 Å². The van der Waals surface area contributed by atoms with Gasteiger partial charge >= 0.3 is 7.60 Å². The molecule has 32 heavy (non-hydrogen) atoms. The summed E-state index contributed by atoms with van der Waals surface area (Å²) in [7, 11) is -3.69. The Balaban J connectivity index is 2.55. The van der Waals surface area contributed by atoms with Gasteiger partial charge < -0.3 is 14.9 Å². The fraction of sp³-hybridized carbons (Fsp3) is 0.542. The Morgan fingerprint density at radius 1 is 1.12 bits per heavy atom. The molecular formula is C24H36ClN2O4P. The molecule has 1 aromatic heterocycles. The second-order valence-electron chi connectivity index (χ2n) is 9.82. The number of aromatic hydroxyl groups is 1. The Hall–Kier alpha value is -1.75. The predicted molar refractivity (Wildman–Crippen MR) is 132 cm³/mol. The molecule has 0 amide bonds. The fourth-order valence-corrected chi connectivity index (χ4v) is 5.39. The highest BCUT2D eigenvalue weighted by atomic mass is 35.5. The fourth-order valence-electron chi connectivity index (χ4n) is 3.37. The van der Waals surface area contributed by atoms with E-state index < -0.39 is 13.4 Å². The van der Waals surface area contributed by atoms with Crippen LogP contribution in [0.3, 0.4) is 0 Å². The largest absolute Gasteiger partial charge is 0.507 e. The van der Waals surface area contributed by atoms with E-state index in [1.54, 1.807) is 37.4 Å². The first kappa shape index (κ1) is 26.5. The molecule has 1 heterocycles. The van der Waals surface area contributed by atoms with Crippen LogP contribution in [0.1, 0.15) is 72.9 Å². The van der Waals surface area contributed by atoms with Crippen LogP contribution >= 0.6 is 19.2 Å². The molecule has 0 bridgehead atoms. The number of rotatable bonds is 8. The molecule has 2 N–H and O–H groups in total. The zero-order chi connectivity index (χ0) is 24.3. The summed E-state index contributed by atoms with van der Waals surface area (Å²) in [6.07, 6.45) is 2.07. The maximum absolute atomic E-state index is 14.0. The highest BCUT2D eigenvalue weighted by Crippen LogP contribution is 2.55. The number of hydrogen-bond donors (Lipinski definition) is 2. The minimum atomic E-state index is -3.69. The zero-order valence-electron chi connectivity index (χ0n) is 20.3. The maximum atomic E-state index is 14.0. The van der Waals surface area contributed by atoms with Gasteiger partial charge in [0.15, 0.2) is 0 Å². The number of hydrogen-bond acceptors (Lipinski definition) is 6. The number of halogens is 1. The molecule has 0 aliphatic carbocycles. The van der Waals surface area contributed by atoms with Gasteiger partial charge in [-0.2, -0.15) is 0 Å². The highest BCUT2D eigenvalue weighted by molar-refractivity contribution is 7.55. The third-order valence-electron chi connectivity index (χ3n) is 5.07. The minimum absolute atomic E-state index is 0.210. The summed E-state index contributed by atoms with van der Waals surface area (Å²) in [5.74, 6) is 0.372. The van der Waals surface area contributed by atoms with Crippen LogP contribution < -0.4 is 9.84 Å². The van der Waals surface area contributed by atoms with E-state index in [0.29, 0.717) is 23.0 Å². The van der Waals surface area contributed by atoms with Gasteiger partial charge in [0.25, 0.3) is 0 Å². The van der Waals surface area contributed by atoms with Crippen LogP contribution in [-0.2, 0) is 19.9 Å². The molecule has 0 aliphatic heterocycles. The molecule has 178 valence electrons. The van der Waals surface area contributed by atoms with Crippen molar-refractivity contribution in [2.24, 2.45) is 0 Å². The predicted octanol–water partition coefficient (Wildman–Crippen LogP) is 7.49. The molecule has 0 saturated heterocycles.